The van der Waals surface area contributed by atoms with Crippen molar-refractivity contribution in [1.82, 2.24) is 14.7 Å². The van der Waals surface area contributed by atoms with Crippen LogP contribution in [0.15, 0.2) is 54.6 Å². The van der Waals surface area contributed by atoms with Crippen molar-refractivity contribution in [2.45, 2.75) is 24.9 Å². The van der Waals surface area contributed by atoms with E-state index in [0.717, 1.165) is 70.2 Å². The van der Waals surface area contributed by atoms with E-state index in [9.17, 15) is 18.7 Å². The van der Waals surface area contributed by atoms with Crippen molar-refractivity contribution in [2.75, 3.05) is 52.4 Å². The Balaban J connectivity index is 1.14. The minimum Gasteiger partial charge on any atom is -0.385 e. The first-order chi connectivity index (χ1) is 16.4. The molecule has 0 saturated carbocycles. The average Bonchev–Trinajstić information content (AvgIpc) is 2.84. The number of aliphatic hydroxyl groups is 1. The molecule has 0 spiro atoms. The number of amides is 1. The predicted octanol–water partition coefficient (Wildman–Crippen LogP) is 3.50. The van der Waals surface area contributed by atoms with Crippen LogP contribution in [-0.2, 0) is 10.4 Å². The molecule has 2 aliphatic heterocycles. The lowest BCUT2D eigenvalue weighted by molar-refractivity contribution is -0.127. The smallest absolute Gasteiger partial charge is 0.246 e. The van der Waals surface area contributed by atoms with Crippen molar-refractivity contribution in [3.8, 4) is 0 Å². The van der Waals surface area contributed by atoms with Gasteiger partial charge in [0.1, 0.15) is 11.6 Å². The summed E-state index contributed by atoms with van der Waals surface area (Å²) in [7, 11) is 0. The van der Waals surface area contributed by atoms with Gasteiger partial charge in [0, 0.05) is 51.4 Å². The lowest BCUT2D eigenvalue weighted by atomic mass is 9.84. The number of hydrogen-bond donors (Lipinski definition) is 1. The van der Waals surface area contributed by atoms with Crippen LogP contribution in [0.25, 0.3) is 6.08 Å². The largest absolute Gasteiger partial charge is 0.385 e. The first-order valence-electron chi connectivity index (χ1n) is 12.1. The summed E-state index contributed by atoms with van der Waals surface area (Å²) in [5.74, 6) is -1.45. The van der Waals surface area contributed by atoms with Crippen LogP contribution in [0.4, 0.5) is 8.78 Å². The van der Waals surface area contributed by atoms with Gasteiger partial charge in [-0.1, -0.05) is 30.3 Å². The van der Waals surface area contributed by atoms with Gasteiger partial charge in [0.25, 0.3) is 0 Å². The van der Waals surface area contributed by atoms with E-state index in [2.05, 4.69) is 9.80 Å². The molecule has 0 unspecified atom stereocenters. The number of nitrogens with zero attached hydrogens (tertiary/aromatic N) is 3. The Morgan fingerprint density at radius 1 is 0.882 bits per heavy atom. The molecule has 1 amide bonds. The van der Waals surface area contributed by atoms with Crippen molar-refractivity contribution in [3.05, 3.63) is 77.4 Å². The number of piperazine rings is 1. The maximum atomic E-state index is 13.3. The molecule has 0 atom stereocenters. The number of piperidine rings is 1. The monoisotopic (exact) mass is 469 g/mol. The molecular formula is C27H33F2N3O2. The molecule has 2 fully saturated rings. The van der Waals surface area contributed by atoms with Gasteiger partial charge in [0.2, 0.25) is 5.91 Å². The van der Waals surface area contributed by atoms with Gasteiger partial charge in [0.15, 0.2) is 0 Å². The van der Waals surface area contributed by atoms with Gasteiger partial charge in [-0.15, -0.1) is 0 Å². The van der Waals surface area contributed by atoms with Gasteiger partial charge in [-0.3, -0.25) is 9.69 Å². The molecular weight excluding hydrogens is 436 g/mol. The Kier molecular flexibility index (Phi) is 8.08. The highest BCUT2D eigenvalue weighted by molar-refractivity contribution is 5.91. The molecule has 2 aromatic carbocycles. The third-order valence-corrected chi connectivity index (χ3v) is 6.93. The topological polar surface area (TPSA) is 47.0 Å². The Hall–Kier alpha value is -2.61. The standard InChI is InChI=1S/C27H33F2N3O2/c28-24-19-22(20-25(29)21-24)7-8-26(33)32-17-15-31(16-18-32)12-4-11-30-13-9-27(34,10-14-30)23-5-2-1-3-6-23/h1-3,5-8,19-21,34H,4,9-18H2/b8-7+. The molecule has 4 rings (SSSR count). The molecule has 2 saturated heterocycles. The number of hydrogen-bond acceptors (Lipinski definition) is 4. The highest BCUT2D eigenvalue weighted by Gasteiger charge is 2.33. The molecule has 182 valence electrons. The molecule has 34 heavy (non-hydrogen) atoms. The van der Waals surface area contributed by atoms with Crippen LogP contribution in [0.2, 0.25) is 0 Å². The molecule has 0 aromatic heterocycles. The molecule has 1 N–H and O–H groups in total. The molecule has 2 heterocycles. The van der Waals surface area contributed by atoms with Crippen LogP contribution in [-0.4, -0.2) is 78.1 Å². The number of carbonyl (C=O) groups is 1. The zero-order valence-corrected chi connectivity index (χ0v) is 19.5. The van der Waals surface area contributed by atoms with Gasteiger partial charge < -0.3 is 14.9 Å². The van der Waals surface area contributed by atoms with Crippen LogP contribution in [0.5, 0.6) is 0 Å². The van der Waals surface area contributed by atoms with E-state index >= 15 is 0 Å². The summed E-state index contributed by atoms with van der Waals surface area (Å²) in [5.41, 5.74) is 0.641. The van der Waals surface area contributed by atoms with Crippen LogP contribution in [0, 0.1) is 11.6 Å². The molecule has 2 aromatic rings. The van der Waals surface area contributed by atoms with Gasteiger partial charge in [0.05, 0.1) is 5.60 Å². The second kappa shape index (κ2) is 11.2. The van der Waals surface area contributed by atoms with E-state index in [4.69, 9.17) is 0 Å². The Labute approximate surface area is 200 Å². The molecule has 2 aliphatic rings. The Morgan fingerprint density at radius 3 is 2.09 bits per heavy atom. The van der Waals surface area contributed by atoms with Crippen LogP contribution in [0.3, 0.4) is 0 Å². The Morgan fingerprint density at radius 2 is 1.47 bits per heavy atom. The van der Waals surface area contributed by atoms with Gasteiger partial charge in [-0.2, -0.15) is 0 Å². The third kappa shape index (κ3) is 6.50. The minimum atomic E-state index is -0.710. The Bertz CT molecular complexity index is 962. The maximum Gasteiger partial charge on any atom is 0.246 e. The summed E-state index contributed by atoms with van der Waals surface area (Å²) in [6, 6.07) is 13.2. The summed E-state index contributed by atoms with van der Waals surface area (Å²) < 4.78 is 26.6. The van der Waals surface area contributed by atoms with Crippen LogP contribution < -0.4 is 0 Å². The number of carbonyl (C=O) groups excluding carboxylic acids is 1. The zero-order chi connectivity index (χ0) is 24.0. The number of halogens is 2. The van der Waals surface area contributed by atoms with Gasteiger partial charge in [-0.25, -0.2) is 8.78 Å². The van der Waals surface area contributed by atoms with Crippen molar-refractivity contribution in [3.63, 3.8) is 0 Å². The summed E-state index contributed by atoms with van der Waals surface area (Å²) >= 11 is 0. The minimum absolute atomic E-state index is 0.136. The fourth-order valence-corrected chi connectivity index (χ4v) is 4.84. The second-order valence-corrected chi connectivity index (χ2v) is 9.30. The summed E-state index contributed by atoms with van der Waals surface area (Å²) in [6.45, 7) is 6.73. The lowest BCUT2D eigenvalue weighted by Crippen LogP contribution is -2.49. The van der Waals surface area contributed by atoms with Crippen molar-refractivity contribution >= 4 is 12.0 Å². The maximum absolute atomic E-state index is 13.3. The van der Waals surface area contributed by atoms with E-state index in [1.165, 1.54) is 24.3 Å². The van der Waals surface area contributed by atoms with Crippen LogP contribution in [0.1, 0.15) is 30.4 Å². The van der Waals surface area contributed by atoms with E-state index in [-0.39, 0.29) is 5.91 Å². The SMILES string of the molecule is O=C(/C=C/c1cc(F)cc(F)c1)N1CCN(CCCN2CCC(O)(c3ccccc3)CC2)CC1. The first kappa shape index (κ1) is 24.5. The number of likely N-dealkylation sites (tertiary alicyclic amines) is 1. The van der Waals surface area contributed by atoms with Crippen molar-refractivity contribution in [1.29, 1.82) is 0 Å². The first-order valence-corrected chi connectivity index (χ1v) is 12.1. The summed E-state index contributed by atoms with van der Waals surface area (Å²) in [5, 5.41) is 11.0. The quantitative estimate of drug-likeness (QED) is 0.631. The highest BCUT2D eigenvalue weighted by atomic mass is 19.1. The third-order valence-electron chi connectivity index (χ3n) is 6.93. The molecule has 0 bridgehead atoms. The zero-order valence-electron chi connectivity index (χ0n) is 19.5. The fraction of sp³-hybridized carbons (Fsp3) is 0.444. The molecule has 0 aliphatic carbocycles. The van der Waals surface area contributed by atoms with Crippen LogP contribution >= 0.6 is 0 Å². The van der Waals surface area contributed by atoms with Crippen molar-refractivity contribution < 1.29 is 18.7 Å². The lowest BCUT2D eigenvalue weighted by Gasteiger charge is -2.39. The summed E-state index contributed by atoms with van der Waals surface area (Å²) in [4.78, 5) is 19.0. The normalized spacial score (nSPS) is 19.6. The van der Waals surface area contributed by atoms with E-state index < -0.39 is 17.2 Å². The average molecular weight is 470 g/mol. The van der Waals surface area contributed by atoms with Crippen molar-refractivity contribution in [2.24, 2.45) is 0 Å². The number of benzene rings is 2. The predicted molar refractivity (Wildman–Crippen MR) is 129 cm³/mol. The summed E-state index contributed by atoms with van der Waals surface area (Å²) in [6.07, 6.45) is 5.42. The molecule has 0 radical (unpaired) electrons. The fourth-order valence-electron chi connectivity index (χ4n) is 4.84. The van der Waals surface area contributed by atoms with Gasteiger partial charge >= 0.3 is 0 Å². The van der Waals surface area contributed by atoms with E-state index in [1.54, 1.807) is 4.90 Å². The second-order valence-electron chi connectivity index (χ2n) is 9.30. The van der Waals surface area contributed by atoms with E-state index in [1.807, 2.05) is 30.3 Å². The van der Waals surface area contributed by atoms with E-state index in [0.29, 0.717) is 18.7 Å². The highest BCUT2D eigenvalue weighted by Crippen LogP contribution is 2.32. The molecule has 5 nitrogen and oxygen atoms in total. The number of rotatable bonds is 7. The van der Waals surface area contributed by atoms with Gasteiger partial charge in [-0.05, 0) is 61.7 Å². The molecule has 7 heteroatoms.